The van der Waals surface area contributed by atoms with E-state index in [9.17, 15) is 4.79 Å². The highest BCUT2D eigenvalue weighted by Crippen LogP contribution is 2.28. The third kappa shape index (κ3) is 3.08. The lowest BCUT2D eigenvalue weighted by molar-refractivity contribution is -0.141. The van der Waals surface area contributed by atoms with Gasteiger partial charge in [-0.1, -0.05) is 13.0 Å². The number of rotatable bonds is 5. The van der Waals surface area contributed by atoms with E-state index in [1.165, 1.54) is 0 Å². The first-order valence-electron chi connectivity index (χ1n) is 6.25. The number of carbonyl (C=O) groups is 1. The van der Waals surface area contributed by atoms with Crippen LogP contribution in [0.2, 0.25) is 0 Å². The van der Waals surface area contributed by atoms with E-state index < -0.39 is 0 Å². The van der Waals surface area contributed by atoms with E-state index in [2.05, 4.69) is 25.7 Å². The molecule has 1 amide bonds. The Morgan fingerprint density at radius 1 is 1.62 bits per heavy atom. The van der Waals surface area contributed by atoms with Crippen LogP contribution < -0.4 is 5.32 Å². The zero-order chi connectivity index (χ0) is 12.0. The topological polar surface area (TPSA) is 32.3 Å². The maximum atomic E-state index is 12.4. The van der Waals surface area contributed by atoms with Crippen molar-refractivity contribution in [1.29, 1.82) is 0 Å². The summed E-state index contributed by atoms with van der Waals surface area (Å²) in [5, 5.41) is 3.32. The van der Waals surface area contributed by atoms with Gasteiger partial charge in [0.25, 0.3) is 0 Å². The van der Waals surface area contributed by atoms with E-state index in [4.69, 9.17) is 0 Å². The Morgan fingerprint density at radius 2 is 2.38 bits per heavy atom. The number of carbonyl (C=O) groups excluding carboxylic acids is 1. The summed E-state index contributed by atoms with van der Waals surface area (Å²) in [6.07, 6.45) is 4.91. The first-order valence-corrected chi connectivity index (χ1v) is 6.25. The summed E-state index contributed by atoms with van der Waals surface area (Å²) in [5.41, 5.74) is -0.212. The Morgan fingerprint density at radius 3 is 2.88 bits per heavy atom. The molecule has 1 unspecified atom stereocenters. The van der Waals surface area contributed by atoms with Gasteiger partial charge in [0.05, 0.1) is 5.41 Å². The molecule has 1 saturated heterocycles. The first-order chi connectivity index (χ1) is 7.64. The minimum Gasteiger partial charge on any atom is -0.338 e. The third-order valence-electron chi connectivity index (χ3n) is 3.24. The van der Waals surface area contributed by atoms with Crippen LogP contribution >= 0.6 is 0 Å². The molecular formula is C13H24N2O. The molecule has 3 heteroatoms. The largest absolute Gasteiger partial charge is 0.338 e. The highest BCUT2D eigenvalue weighted by molar-refractivity contribution is 5.82. The number of nitrogens with one attached hydrogen (secondary N) is 1. The molecule has 0 aromatic heterocycles. The average molecular weight is 224 g/mol. The molecular weight excluding hydrogens is 200 g/mol. The fourth-order valence-electron chi connectivity index (χ4n) is 2.32. The molecule has 1 N–H and O–H groups in total. The Labute approximate surface area is 98.9 Å². The van der Waals surface area contributed by atoms with Crippen molar-refractivity contribution in [1.82, 2.24) is 10.2 Å². The highest BCUT2D eigenvalue weighted by atomic mass is 16.2. The second kappa shape index (κ2) is 6.04. The van der Waals surface area contributed by atoms with Gasteiger partial charge in [0.15, 0.2) is 0 Å². The summed E-state index contributed by atoms with van der Waals surface area (Å²) in [5.74, 6) is 0.279. The van der Waals surface area contributed by atoms with Gasteiger partial charge in [0, 0.05) is 19.6 Å². The van der Waals surface area contributed by atoms with E-state index in [0.717, 1.165) is 38.9 Å². The van der Waals surface area contributed by atoms with Crippen LogP contribution in [0.4, 0.5) is 0 Å². The standard InChI is InChI=1S/C13H24N2O/c1-4-9-15(10-5-2)12(16)13(3)7-6-8-14-11-13/h4,14H,1,5-11H2,2-3H3. The van der Waals surface area contributed by atoms with Crippen LogP contribution in [-0.2, 0) is 4.79 Å². The van der Waals surface area contributed by atoms with Gasteiger partial charge in [-0.3, -0.25) is 4.79 Å². The average Bonchev–Trinajstić information content (AvgIpc) is 2.29. The van der Waals surface area contributed by atoms with Crippen molar-refractivity contribution in [3.8, 4) is 0 Å². The van der Waals surface area contributed by atoms with Crippen molar-refractivity contribution in [2.75, 3.05) is 26.2 Å². The van der Waals surface area contributed by atoms with Crippen LogP contribution in [0, 0.1) is 5.41 Å². The van der Waals surface area contributed by atoms with E-state index in [-0.39, 0.29) is 11.3 Å². The van der Waals surface area contributed by atoms with Crippen molar-refractivity contribution in [3.63, 3.8) is 0 Å². The van der Waals surface area contributed by atoms with Gasteiger partial charge < -0.3 is 10.2 Å². The van der Waals surface area contributed by atoms with Crippen LogP contribution in [0.15, 0.2) is 12.7 Å². The zero-order valence-corrected chi connectivity index (χ0v) is 10.6. The van der Waals surface area contributed by atoms with Gasteiger partial charge in [-0.2, -0.15) is 0 Å². The smallest absolute Gasteiger partial charge is 0.230 e. The van der Waals surface area contributed by atoms with Gasteiger partial charge in [-0.15, -0.1) is 6.58 Å². The number of piperidine rings is 1. The molecule has 16 heavy (non-hydrogen) atoms. The van der Waals surface area contributed by atoms with Gasteiger partial charge in [0.2, 0.25) is 5.91 Å². The second-order valence-electron chi connectivity index (χ2n) is 4.88. The summed E-state index contributed by atoms with van der Waals surface area (Å²) in [4.78, 5) is 14.4. The van der Waals surface area contributed by atoms with E-state index in [0.29, 0.717) is 6.54 Å². The van der Waals surface area contributed by atoms with Crippen LogP contribution in [0.3, 0.4) is 0 Å². The molecule has 1 aliphatic rings. The van der Waals surface area contributed by atoms with Crippen LogP contribution in [0.5, 0.6) is 0 Å². The molecule has 0 spiro atoms. The molecule has 0 bridgehead atoms. The third-order valence-corrected chi connectivity index (χ3v) is 3.24. The van der Waals surface area contributed by atoms with Gasteiger partial charge in [-0.25, -0.2) is 0 Å². The fraction of sp³-hybridized carbons (Fsp3) is 0.769. The minimum absolute atomic E-state index is 0.212. The lowest BCUT2D eigenvalue weighted by Gasteiger charge is -2.37. The normalized spacial score (nSPS) is 25.1. The number of nitrogens with zero attached hydrogens (tertiary/aromatic N) is 1. The summed E-state index contributed by atoms with van der Waals surface area (Å²) < 4.78 is 0. The highest BCUT2D eigenvalue weighted by Gasteiger charge is 2.37. The predicted molar refractivity (Wildman–Crippen MR) is 67.3 cm³/mol. The summed E-state index contributed by atoms with van der Waals surface area (Å²) >= 11 is 0. The van der Waals surface area contributed by atoms with Gasteiger partial charge in [0.1, 0.15) is 0 Å². The van der Waals surface area contributed by atoms with Crippen LogP contribution in [0.25, 0.3) is 0 Å². The zero-order valence-electron chi connectivity index (χ0n) is 10.6. The molecule has 0 saturated carbocycles. The van der Waals surface area contributed by atoms with E-state index >= 15 is 0 Å². The molecule has 1 fully saturated rings. The monoisotopic (exact) mass is 224 g/mol. The number of hydrogen-bond donors (Lipinski definition) is 1. The quantitative estimate of drug-likeness (QED) is 0.722. The molecule has 0 aliphatic carbocycles. The maximum Gasteiger partial charge on any atom is 0.230 e. The van der Waals surface area contributed by atoms with Gasteiger partial charge in [-0.05, 0) is 32.7 Å². The minimum atomic E-state index is -0.212. The number of amides is 1. The second-order valence-corrected chi connectivity index (χ2v) is 4.88. The van der Waals surface area contributed by atoms with Crippen molar-refractivity contribution < 1.29 is 4.79 Å². The summed E-state index contributed by atoms with van der Waals surface area (Å²) in [7, 11) is 0. The molecule has 1 rings (SSSR count). The molecule has 1 heterocycles. The molecule has 92 valence electrons. The molecule has 0 aromatic rings. The summed E-state index contributed by atoms with van der Waals surface area (Å²) in [6.45, 7) is 11.3. The Balaban J connectivity index is 2.67. The maximum absolute atomic E-state index is 12.4. The summed E-state index contributed by atoms with van der Waals surface area (Å²) in [6, 6.07) is 0. The van der Waals surface area contributed by atoms with Gasteiger partial charge >= 0.3 is 0 Å². The number of hydrogen-bond acceptors (Lipinski definition) is 2. The fourth-order valence-corrected chi connectivity index (χ4v) is 2.32. The lowest BCUT2D eigenvalue weighted by atomic mass is 9.81. The predicted octanol–water partition coefficient (Wildman–Crippen LogP) is 1.80. The van der Waals surface area contributed by atoms with Crippen molar-refractivity contribution >= 4 is 5.91 Å². The lowest BCUT2D eigenvalue weighted by Crippen LogP contribution is -2.50. The SMILES string of the molecule is C=CCN(CCC)C(=O)C1(C)CCCNC1. The molecule has 0 radical (unpaired) electrons. The van der Waals surface area contributed by atoms with Crippen molar-refractivity contribution in [2.45, 2.75) is 33.1 Å². The first kappa shape index (κ1) is 13.2. The Bertz CT molecular complexity index is 244. The van der Waals surface area contributed by atoms with E-state index in [1.807, 2.05) is 11.0 Å². The molecule has 0 aromatic carbocycles. The molecule has 1 atom stereocenters. The van der Waals surface area contributed by atoms with E-state index in [1.54, 1.807) is 0 Å². The Kier molecular flexibility index (Phi) is 5.00. The Hall–Kier alpha value is -0.830. The van der Waals surface area contributed by atoms with Crippen LogP contribution in [0.1, 0.15) is 33.1 Å². The van der Waals surface area contributed by atoms with Crippen molar-refractivity contribution in [2.24, 2.45) is 5.41 Å². The van der Waals surface area contributed by atoms with Crippen LogP contribution in [-0.4, -0.2) is 37.0 Å². The van der Waals surface area contributed by atoms with Crippen molar-refractivity contribution in [3.05, 3.63) is 12.7 Å². The molecule has 3 nitrogen and oxygen atoms in total. The molecule has 1 aliphatic heterocycles.